The van der Waals surface area contributed by atoms with Crippen molar-refractivity contribution in [3.8, 4) is 0 Å². The summed E-state index contributed by atoms with van der Waals surface area (Å²) in [6.07, 6.45) is 0.869. The van der Waals surface area contributed by atoms with E-state index in [9.17, 15) is 24.0 Å². The first-order chi connectivity index (χ1) is 19.2. The molecule has 5 amide bonds. The zero-order chi connectivity index (χ0) is 30.9. The quantitative estimate of drug-likeness (QED) is 0.324. The average Bonchev–Trinajstić information content (AvgIpc) is 2.87. The number of hydrogen-bond acceptors (Lipinski definition) is 5. The summed E-state index contributed by atoms with van der Waals surface area (Å²) in [5, 5.41) is 14.1. The van der Waals surface area contributed by atoms with E-state index in [1.807, 2.05) is 58.0 Å². The van der Waals surface area contributed by atoms with Crippen molar-refractivity contribution < 1.29 is 24.0 Å². The molecule has 0 saturated carbocycles. The smallest absolute Gasteiger partial charge is 0.243 e. The van der Waals surface area contributed by atoms with E-state index in [2.05, 4.69) is 26.6 Å². The van der Waals surface area contributed by atoms with Crippen molar-refractivity contribution in [2.45, 2.75) is 105 Å². The second-order valence-corrected chi connectivity index (χ2v) is 12.6. The van der Waals surface area contributed by atoms with Crippen LogP contribution < -0.4 is 26.6 Å². The molecule has 1 aliphatic heterocycles. The number of amides is 5. The van der Waals surface area contributed by atoms with Gasteiger partial charge in [-0.1, -0.05) is 85.7 Å². The Morgan fingerprint density at radius 3 is 1.27 bits per heavy atom. The molecule has 0 aliphatic carbocycles. The molecule has 0 radical (unpaired) electrons. The maximum atomic E-state index is 13.6. The van der Waals surface area contributed by atoms with Gasteiger partial charge in [0.15, 0.2) is 0 Å². The number of carbonyl (C=O) groups is 5. The molecule has 0 spiro atoms. The van der Waals surface area contributed by atoms with E-state index in [0.717, 1.165) is 5.56 Å². The lowest BCUT2D eigenvalue weighted by Gasteiger charge is -2.29. The average molecular weight is 572 g/mol. The standard InChI is InChI=1S/C31H49N5O5/c1-17(2)14-22-27(37)32-24(16-21-12-10-9-11-13-21)29(39)36-26(20(7)8)31(41)34-23(15-18(3)4)28(38)35-25(19(5)6)30(40)33-22/h9-13,17-20,22-26H,14-16H2,1-8H3,(H,32,37)(H,33,40)(H,34,41)(H,35,38)(H,36,39)/t22-,23-,24+,25-,26-/m0/s1. The summed E-state index contributed by atoms with van der Waals surface area (Å²) in [6, 6.07) is 4.56. The normalized spacial score (nSPS) is 25.3. The largest absolute Gasteiger partial charge is 0.343 e. The van der Waals surface area contributed by atoms with Gasteiger partial charge in [-0.05, 0) is 42.1 Å². The van der Waals surface area contributed by atoms with Gasteiger partial charge in [0.05, 0.1) is 0 Å². The Morgan fingerprint density at radius 1 is 0.512 bits per heavy atom. The van der Waals surface area contributed by atoms with Crippen molar-refractivity contribution >= 4 is 29.5 Å². The lowest BCUT2D eigenvalue weighted by Crippen LogP contribution is -2.59. The number of carbonyl (C=O) groups excluding carboxylic acids is 5. The van der Waals surface area contributed by atoms with Gasteiger partial charge in [0.25, 0.3) is 0 Å². The Bertz CT molecular complexity index is 1060. The van der Waals surface area contributed by atoms with Gasteiger partial charge in [-0.3, -0.25) is 24.0 Å². The molecule has 2 rings (SSSR count). The third kappa shape index (κ3) is 10.5. The molecule has 1 fully saturated rings. The van der Waals surface area contributed by atoms with Crippen LogP contribution in [-0.2, 0) is 30.4 Å². The highest BCUT2D eigenvalue weighted by molar-refractivity contribution is 5.98. The Kier molecular flexibility index (Phi) is 12.8. The molecule has 5 atom stereocenters. The third-order valence-electron chi connectivity index (χ3n) is 7.09. The first-order valence-electron chi connectivity index (χ1n) is 14.7. The molecule has 5 N–H and O–H groups in total. The fraction of sp³-hybridized carbons (Fsp3) is 0.645. The fourth-order valence-corrected chi connectivity index (χ4v) is 4.84. The van der Waals surface area contributed by atoms with Crippen LogP contribution in [0, 0.1) is 23.7 Å². The van der Waals surface area contributed by atoms with Gasteiger partial charge in [-0.15, -0.1) is 0 Å². The Balaban J connectivity index is 2.58. The maximum Gasteiger partial charge on any atom is 0.243 e. The molecular formula is C31H49N5O5. The van der Waals surface area contributed by atoms with Crippen LogP contribution >= 0.6 is 0 Å². The van der Waals surface area contributed by atoms with E-state index >= 15 is 0 Å². The fourth-order valence-electron chi connectivity index (χ4n) is 4.84. The first-order valence-corrected chi connectivity index (χ1v) is 14.7. The second kappa shape index (κ2) is 15.5. The molecule has 1 heterocycles. The van der Waals surface area contributed by atoms with Gasteiger partial charge in [-0.25, -0.2) is 0 Å². The Labute approximate surface area is 244 Å². The second-order valence-electron chi connectivity index (χ2n) is 12.6. The van der Waals surface area contributed by atoms with Gasteiger partial charge in [0.2, 0.25) is 29.5 Å². The van der Waals surface area contributed by atoms with E-state index in [1.54, 1.807) is 27.7 Å². The van der Waals surface area contributed by atoms with Crippen LogP contribution in [0.4, 0.5) is 0 Å². The van der Waals surface area contributed by atoms with Crippen LogP contribution in [0.5, 0.6) is 0 Å². The van der Waals surface area contributed by atoms with Crippen LogP contribution in [0.2, 0.25) is 0 Å². The van der Waals surface area contributed by atoms with Gasteiger partial charge in [0, 0.05) is 6.42 Å². The van der Waals surface area contributed by atoms with Crippen molar-refractivity contribution in [3.05, 3.63) is 35.9 Å². The number of nitrogens with one attached hydrogen (secondary N) is 5. The van der Waals surface area contributed by atoms with Gasteiger partial charge in [0.1, 0.15) is 30.2 Å². The van der Waals surface area contributed by atoms with Gasteiger partial charge in [-0.2, -0.15) is 0 Å². The van der Waals surface area contributed by atoms with E-state index in [4.69, 9.17) is 0 Å². The van der Waals surface area contributed by atoms with E-state index in [0.29, 0.717) is 12.8 Å². The molecule has 0 unspecified atom stereocenters. The minimum atomic E-state index is -0.997. The van der Waals surface area contributed by atoms with Gasteiger partial charge >= 0.3 is 0 Å². The monoisotopic (exact) mass is 571 g/mol. The molecule has 0 bridgehead atoms. The highest BCUT2D eigenvalue weighted by Gasteiger charge is 2.36. The van der Waals surface area contributed by atoms with Crippen LogP contribution in [0.25, 0.3) is 0 Å². The SMILES string of the molecule is CC(C)C[C@@H]1NC(=O)[C@H](C(C)C)NC(=O)[C@H](CC(C)C)NC(=O)[C@H](C(C)C)NC(=O)[C@@H](Cc2ccccc2)NC1=O. The van der Waals surface area contributed by atoms with Crippen molar-refractivity contribution in [1.29, 1.82) is 0 Å². The van der Waals surface area contributed by atoms with Crippen molar-refractivity contribution in [2.24, 2.45) is 23.7 Å². The Hall–Kier alpha value is -3.43. The minimum Gasteiger partial charge on any atom is -0.343 e. The van der Waals surface area contributed by atoms with Crippen molar-refractivity contribution in [1.82, 2.24) is 26.6 Å². The third-order valence-corrected chi connectivity index (χ3v) is 7.09. The number of benzene rings is 1. The lowest BCUT2D eigenvalue weighted by atomic mass is 9.97. The van der Waals surface area contributed by atoms with Crippen LogP contribution in [0.15, 0.2) is 30.3 Å². The summed E-state index contributed by atoms with van der Waals surface area (Å²) in [5.74, 6) is -2.98. The minimum absolute atomic E-state index is 0.0594. The van der Waals surface area contributed by atoms with Crippen LogP contribution in [-0.4, -0.2) is 59.7 Å². The highest BCUT2D eigenvalue weighted by Crippen LogP contribution is 2.13. The van der Waals surface area contributed by atoms with Crippen molar-refractivity contribution in [3.63, 3.8) is 0 Å². The topological polar surface area (TPSA) is 146 Å². The van der Waals surface area contributed by atoms with Gasteiger partial charge < -0.3 is 26.6 Å². The summed E-state index contributed by atoms with van der Waals surface area (Å²) in [7, 11) is 0. The molecule has 1 aliphatic rings. The Morgan fingerprint density at radius 2 is 0.878 bits per heavy atom. The van der Waals surface area contributed by atoms with Crippen molar-refractivity contribution in [2.75, 3.05) is 0 Å². The predicted molar refractivity (Wildman–Crippen MR) is 158 cm³/mol. The predicted octanol–water partition coefficient (Wildman–Crippen LogP) is 2.07. The maximum absolute atomic E-state index is 13.6. The number of hydrogen-bond donors (Lipinski definition) is 5. The molecule has 0 aromatic heterocycles. The molecule has 10 heteroatoms. The van der Waals surface area contributed by atoms with Crippen LogP contribution in [0.3, 0.4) is 0 Å². The summed E-state index contributed by atoms with van der Waals surface area (Å²) in [5.41, 5.74) is 0.826. The lowest BCUT2D eigenvalue weighted by molar-refractivity contribution is -0.135. The molecule has 1 aromatic carbocycles. The zero-order valence-electron chi connectivity index (χ0n) is 25.7. The highest BCUT2D eigenvalue weighted by atomic mass is 16.2. The summed E-state index contributed by atoms with van der Waals surface area (Å²) in [6.45, 7) is 15.0. The summed E-state index contributed by atoms with van der Waals surface area (Å²) >= 11 is 0. The molecule has 1 saturated heterocycles. The molecular weight excluding hydrogens is 522 g/mol. The van der Waals surface area contributed by atoms with E-state index < -0.39 is 59.7 Å². The summed E-state index contributed by atoms with van der Waals surface area (Å²) < 4.78 is 0. The van der Waals surface area contributed by atoms with E-state index in [-0.39, 0.29) is 30.1 Å². The molecule has 10 nitrogen and oxygen atoms in total. The number of rotatable bonds is 8. The first kappa shape index (κ1) is 33.8. The molecule has 228 valence electrons. The zero-order valence-corrected chi connectivity index (χ0v) is 25.7. The van der Waals surface area contributed by atoms with E-state index in [1.165, 1.54) is 0 Å². The van der Waals surface area contributed by atoms with Crippen LogP contribution in [0.1, 0.15) is 73.8 Å². The molecule has 41 heavy (non-hydrogen) atoms. The molecule has 1 aromatic rings. The summed E-state index contributed by atoms with van der Waals surface area (Å²) in [4.78, 5) is 67.7.